The van der Waals surface area contributed by atoms with Crippen molar-refractivity contribution in [2.75, 3.05) is 32.5 Å². The Kier molecular flexibility index (Phi) is 7.01. The molecule has 0 bridgehead atoms. The minimum absolute atomic E-state index is 0.0639. The smallest absolute Gasteiger partial charge is 0.253 e. The van der Waals surface area contributed by atoms with E-state index in [9.17, 15) is 4.79 Å². The Bertz CT molecular complexity index is 403. The molecule has 1 amide bonds. The monoisotopic (exact) mass is 278 g/mol. The molecule has 5 heteroatoms. The predicted octanol–water partition coefficient (Wildman–Crippen LogP) is 1.97. The fraction of sp³-hybridized carbons (Fsp3) is 0.600. The fourth-order valence-electron chi connectivity index (χ4n) is 1.65. The molecule has 5 nitrogen and oxygen atoms in total. The third-order valence-electron chi connectivity index (χ3n) is 3.10. The third-order valence-corrected chi connectivity index (χ3v) is 3.10. The van der Waals surface area contributed by atoms with Crippen LogP contribution in [0.3, 0.4) is 0 Å². The molecular formula is C15H26N4O. The van der Waals surface area contributed by atoms with Crippen molar-refractivity contribution in [3.63, 3.8) is 0 Å². The molecule has 0 fully saturated rings. The second-order valence-electron chi connectivity index (χ2n) is 5.30. The Morgan fingerprint density at radius 1 is 1.40 bits per heavy atom. The molecule has 112 valence electrons. The zero-order chi connectivity index (χ0) is 15.0. The summed E-state index contributed by atoms with van der Waals surface area (Å²) in [5, 5.41) is 6.17. The molecule has 2 N–H and O–H groups in total. The minimum atomic E-state index is -0.0639. The van der Waals surface area contributed by atoms with E-state index in [4.69, 9.17) is 0 Å². The van der Waals surface area contributed by atoms with Gasteiger partial charge in [-0.3, -0.25) is 4.79 Å². The van der Waals surface area contributed by atoms with E-state index >= 15 is 0 Å². The lowest BCUT2D eigenvalue weighted by molar-refractivity contribution is 0.0939. The van der Waals surface area contributed by atoms with Gasteiger partial charge in [-0.15, -0.1) is 0 Å². The quantitative estimate of drug-likeness (QED) is 0.714. The molecule has 0 saturated carbocycles. The molecule has 20 heavy (non-hydrogen) atoms. The zero-order valence-corrected chi connectivity index (χ0v) is 12.9. The van der Waals surface area contributed by atoms with Gasteiger partial charge in [0, 0.05) is 18.8 Å². The van der Waals surface area contributed by atoms with Gasteiger partial charge in [0.25, 0.3) is 5.91 Å². The molecule has 1 aromatic rings. The summed E-state index contributed by atoms with van der Waals surface area (Å²) in [6.45, 7) is 5.96. The zero-order valence-electron chi connectivity index (χ0n) is 12.9. The van der Waals surface area contributed by atoms with Gasteiger partial charge in [-0.2, -0.15) is 0 Å². The van der Waals surface area contributed by atoms with Crippen molar-refractivity contribution in [1.82, 2.24) is 15.2 Å². The van der Waals surface area contributed by atoms with Crippen molar-refractivity contribution in [3.05, 3.63) is 23.9 Å². The van der Waals surface area contributed by atoms with E-state index in [-0.39, 0.29) is 11.9 Å². The Morgan fingerprint density at radius 3 is 2.70 bits per heavy atom. The summed E-state index contributed by atoms with van der Waals surface area (Å²) in [5.74, 6) is 0.745. The summed E-state index contributed by atoms with van der Waals surface area (Å²) < 4.78 is 0. The van der Waals surface area contributed by atoms with E-state index in [0.29, 0.717) is 5.56 Å². The van der Waals surface area contributed by atoms with Crippen LogP contribution in [0.5, 0.6) is 0 Å². The first-order chi connectivity index (χ1) is 9.52. The van der Waals surface area contributed by atoms with E-state index in [2.05, 4.69) is 34.6 Å². The lowest BCUT2D eigenvalue weighted by atomic mass is 10.2. The Balaban J connectivity index is 2.41. The number of carbonyl (C=O) groups excluding carboxylic acids is 1. The van der Waals surface area contributed by atoms with Crippen molar-refractivity contribution in [1.29, 1.82) is 0 Å². The van der Waals surface area contributed by atoms with Gasteiger partial charge in [-0.1, -0.05) is 6.92 Å². The number of pyridine rings is 1. The molecule has 1 rings (SSSR count). The number of amides is 1. The lowest BCUT2D eigenvalue weighted by Gasteiger charge is -2.12. The highest BCUT2D eigenvalue weighted by Gasteiger charge is 2.08. The van der Waals surface area contributed by atoms with Crippen molar-refractivity contribution in [2.45, 2.75) is 32.7 Å². The first-order valence-electron chi connectivity index (χ1n) is 7.18. The molecule has 0 aliphatic carbocycles. The van der Waals surface area contributed by atoms with Gasteiger partial charge >= 0.3 is 0 Å². The van der Waals surface area contributed by atoms with E-state index in [1.165, 1.54) is 0 Å². The van der Waals surface area contributed by atoms with Crippen LogP contribution in [-0.4, -0.2) is 49.0 Å². The van der Waals surface area contributed by atoms with Crippen LogP contribution in [0.25, 0.3) is 0 Å². The normalized spacial score (nSPS) is 12.2. The van der Waals surface area contributed by atoms with Crippen LogP contribution in [0.1, 0.15) is 37.0 Å². The fourth-order valence-corrected chi connectivity index (χ4v) is 1.65. The number of rotatable bonds is 8. The van der Waals surface area contributed by atoms with Gasteiger partial charge in [0.2, 0.25) is 0 Å². The number of anilines is 1. The third kappa shape index (κ3) is 6.02. The molecular weight excluding hydrogens is 252 g/mol. The molecule has 0 aliphatic rings. The van der Waals surface area contributed by atoms with Crippen LogP contribution >= 0.6 is 0 Å². The van der Waals surface area contributed by atoms with Crippen LogP contribution in [0.4, 0.5) is 5.82 Å². The van der Waals surface area contributed by atoms with Gasteiger partial charge in [0.15, 0.2) is 0 Å². The molecule has 1 aromatic heterocycles. The van der Waals surface area contributed by atoms with Gasteiger partial charge in [0.1, 0.15) is 5.82 Å². The van der Waals surface area contributed by atoms with Gasteiger partial charge in [-0.25, -0.2) is 4.98 Å². The number of hydrogen-bond acceptors (Lipinski definition) is 4. The lowest BCUT2D eigenvalue weighted by Crippen LogP contribution is -2.31. The van der Waals surface area contributed by atoms with E-state index in [1.54, 1.807) is 12.3 Å². The molecule has 0 radical (unpaired) electrons. The highest BCUT2D eigenvalue weighted by atomic mass is 16.1. The van der Waals surface area contributed by atoms with Crippen LogP contribution in [0.15, 0.2) is 18.3 Å². The molecule has 0 aliphatic heterocycles. The maximum atomic E-state index is 11.9. The van der Waals surface area contributed by atoms with E-state index in [1.807, 2.05) is 19.9 Å². The number of carbonyl (C=O) groups is 1. The number of nitrogens with one attached hydrogen (secondary N) is 2. The van der Waals surface area contributed by atoms with Crippen molar-refractivity contribution < 1.29 is 4.79 Å². The topological polar surface area (TPSA) is 57.3 Å². The summed E-state index contributed by atoms with van der Waals surface area (Å²) in [6.07, 6.45) is 3.60. The summed E-state index contributed by atoms with van der Waals surface area (Å²) in [7, 11) is 4.12. The minimum Gasteiger partial charge on any atom is -0.370 e. The molecule has 0 spiro atoms. The standard InChI is InChI=1S/C15H26N4O/c1-5-12(2)18-15(20)13-7-8-14(17-11-13)16-9-6-10-19(3)4/h7-8,11-12H,5-6,9-10H2,1-4H3,(H,16,17)(H,18,20). The summed E-state index contributed by atoms with van der Waals surface area (Å²) in [4.78, 5) is 18.3. The first kappa shape index (κ1) is 16.4. The number of aromatic nitrogens is 1. The maximum absolute atomic E-state index is 11.9. The van der Waals surface area contributed by atoms with Crippen LogP contribution in [-0.2, 0) is 0 Å². The maximum Gasteiger partial charge on any atom is 0.253 e. The highest BCUT2D eigenvalue weighted by molar-refractivity contribution is 5.94. The van der Waals surface area contributed by atoms with Crippen molar-refractivity contribution >= 4 is 11.7 Å². The van der Waals surface area contributed by atoms with Crippen LogP contribution in [0.2, 0.25) is 0 Å². The Hall–Kier alpha value is -1.62. The number of nitrogens with zero attached hydrogens (tertiary/aromatic N) is 2. The van der Waals surface area contributed by atoms with Gasteiger partial charge in [0.05, 0.1) is 5.56 Å². The number of hydrogen-bond donors (Lipinski definition) is 2. The average Bonchev–Trinajstić information content (AvgIpc) is 2.43. The van der Waals surface area contributed by atoms with Gasteiger partial charge < -0.3 is 15.5 Å². The van der Waals surface area contributed by atoms with E-state index in [0.717, 1.165) is 31.7 Å². The predicted molar refractivity (Wildman–Crippen MR) is 83.1 cm³/mol. The Morgan fingerprint density at radius 2 is 2.15 bits per heavy atom. The molecule has 0 aromatic carbocycles. The molecule has 1 unspecified atom stereocenters. The largest absolute Gasteiger partial charge is 0.370 e. The summed E-state index contributed by atoms with van der Waals surface area (Å²) >= 11 is 0. The van der Waals surface area contributed by atoms with Crippen molar-refractivity contribution in [3.8, 4) is 0 Å². The molecule has 1 heterocycles. The Labute approximate surface area is 121 Å². The molecule has 0 saturated heterocycles. The summed E-state index contributed by atoms with van der Waals surface area (Å²) in [6, 6.07) is 3.84. The van der Waals surface area contributed by atoms with Crippen LogP contribution in [0, 0.1) is 0 Å². The van der Waals surface area contributed by atoms with Crippen LogP contribution < -0.4 is 10.6 Å². The first-order valence-corrected chi connectivity index (χ1v) is 7.18. The SMILES string of the molecule is CCC(C)NC(=O)c1ccc(NCCCN(C)C)nc1. The second-order valence-corrected chi connectivity index (χ2v) is 5.30. The highest BCUT2D eigenvalue weighted by Crippen LogP contribution is 2.06. The summed E-state index contributed by atoms with van der Waals surface area (Å²) in [5.41, 5.74) is 0.601. The average molecular weight is 278 g/mol. The van der Waals surface area contributed by atoms with Crippen molar-refractivity contribution in [2.24, 2.45) is 0 Å². The van der Waals surface area contributed by atoms with Gasteiger partial charge in [-0.05, 0) is 52.5 Å². The van der Waals surface area contributed by atoms with E-state index < -0.39 is 0 Å². The second kappa shape index (κ2) is 8.53. The molecule has 1 atom stereocenters.